The zero-order valence-electron chi connectivity index (χ0n) is 22.3. The third kappa shape index (κ3) is 7.14. The number of carbonyl (C=O) groups is 2. The van der Waals surface area contributed by atoms with Gasteiger partial charge in [0.2, 0.25) is 5.91 Å². The highest BCUT2D eigenvalue weighted by Gasteiger charge is 2.20. The van der Waals surface area contributed by atoms with E-state index in [4.69, 9.17) is 9.47 Å². The molecule has 3 heterocycles. The molecule has 12 heteroatoms. The van der Waals surface area contributed by atoms with Crippen molar-refractivity contribution in [1.82, 2.24) is 35.2 Å². The quantitative estimate of drug-likeness (QED) is 0.230. The molecule has 1 unspecified atom stereocenters. The van der Waals surface area contributed by atoms with Crippen LogP contribution in [0, 0.1) is 0 Å². The van der Waals surface area contributed by atoms with Crippen LogP contribution in [0.15, 0.2) is 61.3 Å². The molecule has 3 N–H and O–H groups in total. The lowest BCUT2D eigenvalue weighted by Crippen LogP contribution is -2.31. The molecule has 2 aromatic heterocycles. The van der Waals surface area contributed by atoms with Crippen LogP contribution >= 0.6 is 0 Å². The molecular weight excluding hydrogens is 512 g/mol. The Kier molecular flexibility index (Phi) is 9.20. The Morgan fingerprint density at radius 1 is 1.02 bits per heavy atom. The van der Waals surface area contributed by atoms with Crippen molar-refractivity contribution in [2.24, 2.45) is 0 Å². The van der Waals surface area contributed by atoms with E-state index in [-0.39, 0.29) is 31.7 Å². The zero-order chi connectivity index (χ0) is 27.6. The number of nitrogens with zero attached hydrogens (tertiary/aromatic N) is 5. The molecule has 210 valence electrons. The molecule has 12 nitrogen and oxygen atoms in total. The van der Waals surface area contributed by atoms with E-state index < -0.39 is 6.09 Å². The topological polar surface area (TPSA) is 137 Å². The van der Waals surface area contributed by atoms with Gasteiger partial charge in [-0.05, 0) is 43.4 Å². The molecule has 1 atom stereocenters. The molecule has 0 bridgehead atoms. The van der Waals surface area contributed by atoms with E-state index in [0.717, 1.165) is 60.1 Å². The van der Waals surface area contributed by atoms with Gasteiger partial charge in [0.1, 0.15) is 19.3 Å². The van der Waals surface area contributed by atoms with E-state index in [0.29, 0.717) is 13.1 Å². The van der Waals surface area contributed by atoms with Gasteiger partial charge in [-0.15, -0.1) is 10.2 Å². The predicted molar refractivity (Wildman–Crippen MR) is 149 cm³/mol. The third-order valence-electron chi connectivity index (χ3n) is 6.67. The molecule has 2 aromatic carbocycles. The molecule has 0 radical (unpaired) electrons. The number of fused-ring (bicyclic) bond motifs is 1. The van der Waals surface area contributed by atoms with Crippen LogP contribution in [0.1, 0.15) is 43.9 Å². The first-order valence-electron chi connectivity index (χ1n) is 13.6. The molecule has 1 aliphatic rings. The van der Waals surface area contributed by atoms with Crippen LogP contribution in [0.4, 0.5) is 10.5 Å². The zero-order valence-corrected chi connectivity index (χ0v) is 22.3. The Bertz CT molecular complexity index is 1380. The number of anilines is 1. The van der Waals surface area contributed by atoms with Crippen LogP contribution in [0.5, 0.6) is 0 Å². The third-order valence-corrected chi connectivity index (χ3v) is 6.67. The van der Waals surface area contributed by atoms with E-state index in [1.54, 1.807) is 12.7 Å². The normalized spacial score (nSPS) is 15.1. The summed E-state index contributed by atoms with van der Waals surface area (Å²) in [6, 6.07) is 13.5. The average Bonchev–Trinajstić information content (AvgIpc) is 3.68. The molecule has 1 aliphatic heterocycles. The minimum Gasteiger partial charge on any atom is -0.445 e. The molecule has 5 rings (SSSR count). The summed E-state index contributed by atoms with van der Waals surface area (Å²) in [6.45, 7) is 2.29. The van der Waals surface area contributed by atoms with Gasteiger partial charge in [0.25, 0.3) is 0 Å². The first-order valence-corrected chi connectivity index (χ1v) is 13.6. The Balaban J connectivity index is 1.08. The maximum Gasteiger partial charge on any atom is 0.407 e. The van der Waals surface area contributed by atoms with Crippen molar-refractivity contribution in [3.05, 3.63) is 66.9 Å². The smallest absolute Gasteiger partial charge is 0.407 e. The maximum atomic E-state index is 12.2. The van der Waals surface area contributed by atoms with Crippen LogP contribution in [0.25, 0.3) is 16.6 Å². The molecule has 0 aliphatic carbocycles. The molecular formula is C28H34N8O4. The second-order valence-corrected chi connectivity index (χ2v) is 9.57. The van der Waals surface area contributed by atoms with E-state index in [2.05, 4.69) is 37.3 Å². The van der Waals surface area contributed by atoms with Crippen molar-refractivity contribution < 1.29 is 19.1 Å². The molecule has 0 spiro atoms. The van der Waals surface area contributed by atoms with Gasteiger partial charge in [-0.1, -0.05) is 30.3 Å². The lowest BCUT2D eigenvalue weighted by Gasteiger charge is -2.23. The number of hydrogen-bond donors (Lipinski definition) is 3. The summed E-state index contributed by atoms with van der Waals surface area (Å²) < 4.78 is 15.0. The van der Waals surface area contributed by atoms with Crippen molar-refractivity contribution in [1.29, 1.82) is 0 Å². The Hall–Kier alpha value is -4.45. The van der Waals surface area contributed by atoms with Gasteiger partial charge in [0.15, 0.2) is 6.23 Å². The first-order chi connectivity index (χ1) is 19.7. The van der Waals surface area contributed by atoms with Crippen LogP contribution < -0.4 is 16.0 Å². The molecule has 40 heavy (non-hydrogen) atoms. The van der Waals surface area contributed by atoms with Crippen LogP contribution in [-0.2, 0) is 20.9 Å². The Morgan fingerprint density at radius 3 is 2.67 bits per heavy atom. The largest absolute Gasteiger partial charge is 0.445 e. The highest BCUT2D eigenvalue weighted by atomic mass is 16.5. The monoisotopic (exact) mass is 546 g/mol. The number of rotatable bonds is 12. The summed E-state index contributed by atoms with van der Waals surface area (Å²) in [5.41, 5.74) is 3.74. The highest BCUT2D eigenvalue weighted by molar-refractivity contribution is 5.93. The van der Waals surface area contributed by atoms with Crippen LogP contribution in [0.2, 0.25) is 0 Å². The second kappa shape index (κ2) is 13.6. The lowest BCUT2D eigenvalue weighted by molar-refractivity contribution is -0.120. The highest BCUT2D eigenvalue weighted by Crippen LogP contribution is 2.32. The number of aromatic nitrogens is 5. The summed E-state index contributed by atoms with van der Waals surface area (Å²) in [7, 11) is 0. The number of alkyl carbamates (subject to hydrolysis) is 1. The molecule has 4 aromatic rings. The van der Waals surface area contributed by atoms with Crippen molar-refractivity contribution in [3.8, 4) is 5.69 Å². The first kappa shape index (κ1) is 27.1. The van der Waals surface area contributed by atoms with Gasteiger partial charge in [0, 0.05) is 43.7 Å². The molecule has 0 saturated carbocycles. The number of nitrogens with one attached hydrogen (secondary N) is 3. The van der Waals surface area contributed by atoms with Gasteiger partial charge in [0.05, 0.1) is 17.4 Å². The Labute approximate surface area is 232 Å². The Morgan fingerprint density at radius 2 is 1.88 bits per heavy atom. The molecule has 1 fully saturated rings. The molecule has 2 amide bonds. The van der Waals surface area contributed by atoms with Crippen molar-refractivity contribution in [3.63, 3.8) is 0 Å². The minimum atomic E-state index is -0.542. The van der Waals surface area contributed by atoms with Crippen LogP contribution in [-0.4, -0.2) is 62.8 Å². The standard InChI is InChI=1S/C28H34N8O4/c37-26(10-13-31-28(38)40-18-21-7-2-1-3-8-21)30-12-6-11-29-24-15-22(35-19-32-33-20-35)16-25-23(24)17-34-36(25)27-9-4-5-14-39-27/h1-3,7-8,15-17,19-20,27,29H,4-6,9-14,18H2,(H,30,37)(H,31,38). The minimum absolute atomic E-state index is 0.0781. The summed E-state index contributed by atoms with van der Waals surface area (Å²) in [6.07, 6.45) is 8.59. The van der Waals surface area contributed by atoms with Crippen molar-refractivity contribution in [2.75, 3.05) is 31.6 Å². The number of ether oxygens (including phenoxy) is 2. The molecule has 1 saturated heterocycles. The van der Waals surface area contributed by atoms with Crippen molar-refractivity contribution >= 4 is 28.6 Å². The second-order valence-electron chi connectivity index (χ2n) is 9.57. The number of amides is 2. The van der Waals surface area contributed by atoms with Gasteiger partial charge in [-0.25, -0.2) is 9.48 Å². The summed E-state index contributed by atoms with van der Waals surface area (Å²) in [5.74, 6) is -0.130. The van der Waals surface area contributed by atoms with E-state index in [9.17, 15) is 9.59 Å². The fourth-order valence-corrected chi connectivity index (χ4v) is 4.59. The van der Waals surface area contributed by atoms with E-state index >= 15 is 0 Å². The van der Waals surface area contributed by atoms with Gasteiger partial charge < -0.3 is 25.4 Å². The fraction of sp³-hybridized carbons (Fsp3) is 0.393. The van der Waals surface area contributed by atoms with Crippen molar-refractivity contribution in [2.45, 2.75) is 44.9 Å². The van der Waals surface area contributed by atoms with E-state index in [1.165, 1.54) is 0 Å². The fourth-order valence-electron chi connectivity index (χ4n) is 4.59. The summed E-state index contributed by atoms with van der Waals surface area (Å²) >= 11 is 0. The SMILES string of the molecule is O=C(CCNC(=O)OCc1ccccc1)NCCCNc1cc(-n2cnnc2)cc2c1cnn2C1CCCCO1. The maximum absolute atomic E-state index is 12.2. The predicted octanol–water partition coefficient (Wildman–Crippen LogP) is 3.55. The summed E-state index contributed by atoms with van der Waals surface area (Å²) in [5, 5.41) is 22.5. The van der Waals surface area contributed by atoms with Crippen LogP contribution in [0.3, 0.4) is 0 Å². The van der Waals surface area contributed by atoms with Gasteiger partial charge in [-0.3, -0.25) is 9.36 Å². The van der Waals surface area contributed by atoms with E-state index in [1.807, 2.05) is 51.8 Å². The number of benzene rings is 2. The number of hydrogen-bond acceptors (Lipinski definition) is 8. The lowest BCUT2D eigenvalue weighted by atomic mass is 10.1. The van der Waals surface area contributed by atoms with Gasteiger partial charge >= 0.3 is 6.09 Å². The van der Waals surface area contributed by atoms with Gasteiger partial charge in [-0.2, -0.15) is 5.10 Å². The average molecular weight is 547 g/mol. The summed E-state index contributed by atoms with van der Waals surface area (Å²) in [4.78, 5) is 24.0. The number of carbonyl (C=O) groups excluding carboxylic acids is 2.